The van der Waals surface area contributed by atoms with Crippen LogP contribution in [0.4, 0.5) is 0 Å². The minimum atomic E-state index is -1.76. The summed E-state index contributed by atoms with van der Waals surface area (Å²) in [6, 6.07) is 0. The van der Waals surface area contributed by atoms with Gasteiger partial charge in [0.1, 0.15) is 0 Å². The molecule has 0 bridgehead atoms. The van der Waals surface area contributed by atoms with E-state index in [-0.39, 0.29) is 0 Å². The lowest BCUT2D eigenvalue weighted by molar-refractivity contribution is -0.212. The van der Waals surface area contributed by atoms with Crippen LogP contribution >= 0.6 is 0 Å². The van der Waals surface area contributed by atoms with Crippen LogP contribution in [0.2, 0.25) is 0 Å². The number of aliphatic hydroxyl groups excluding tert-OH is 2. The first-order chi connectivity index (χ1) is 7.42. The van der Waals surface area contributed by atoms with Crippen LogP contribution in [0, 0.1) is 0 Å². The number of esters is 3. The Balaban J connectivity index is 4.47. The Hall–Kier alpha value is -1.67. The lowest BCUT2D eigenvalue weighted by Gasteiger charge is -2.20. The Morgan fingerprint density at radius 1 is 1.19 bits per heavy atom. The highest BCUT2D eigenvalue weighted by molar-refractivity contribution is 6.29. The van der Waals surface area contributed by atoms with Gasteiger partial charge < -0.3 is 24.4 Å². The van der Waals surface area contributed by atoms with Crippen molar-refractivity contribution in [2.24, 2.45) is 0 Å². The van der Waals surface area contributed by atoms with Crippen LogP contribution in [0.25, 0.3) is 0 Å². The van der Waals surface area contributed by atoms with Crippen molar-refractivity contribution in [3.8, 4) is 0 Å². The molecule has 0 radical (unpaired) electrons. The Bertz CT molecular complexity index is 273. The molecule has 16 heavy (non-hydrogen) atoms. The van der Waals surface area contributed by atoms with E-state index in [4.69, 9.17) is 10.2 Å². The molecule has 92 valence electrons. The summed E-state index contributed by atoms with van der Waals surface area (Å²) < 4.78 is 12.7. The fourth-order valence-electron chi connectivity index (χ4n) is 0.668. The summed E-state index contributed by atoms with van der Waals surface area (Å²) >= 11 is 0. The summed E-state index contributed by atoms with van der Waals surface area (Å²) in [6.45, 7) is 0.190. The third-order valence-corrected chi connectivity index (χ3v) is 1.36. The average molecular weight is 236 g/mol. The summed E-state index contributed by atoms with van der Waals surface area (Å²) in [6.07, 6.45) is -3.40. The van der Waals surface area contributed by atoms with Gasteiger partial charge in [-0.1, -0.05) is 0 Å². The molecule has 0 amide bonds. The standard InChI is InChI=1S/C8H12O8/c1-4(10)15-8(5(11)3-9)16-7(13)6(12)14-2/h5,8-9,11H,3H2,1-2H3. The van der Waals surface area contributed by atoms with E-state index in [2.05, 4.69) is 14.2 Å². The molecule has 0 aromatic rings. The summed E-state index contributed by atoms with van der Waals surface area (Å²) in [5, 5.41) is 17.7. The van der Waals surface area contributed by atoms with E-state index in [0.29, 0.717) is 0 Å². The van der Waals surface area contributed by atoms with Crippen molar-refractivity contribution in [3.63, 3.8) is 0 Å². The second kappa shape index (κ2) is 6.75. The van der Waals surface area contributed by atoms with Gasteiger partial charge in [-0.05, 0) is 0 Å². The van der Waals surface area contributed by atoms with Crippen molar-refractivity contribution in [2.45, 2.75) is 19.3 Å². The molecule has 0 aromatic carbocycles. The summed E-state index contributed by atoms with van der Waals surface area (Å²) in [7, 11) is 0.951. The highest BCUT2D eigenvalue weighted by Gasteiger charge is 2.29. The number of hydrogen-bond donors (Lipinski definition) is 2. The number of hydrogen-bond acceptors (Lipinski definition) is 8. The van der Waals surface area contributed by atoms with Gasteiger partial charge in [0.25, 0.3) is 6.29 Å². The maximum atomic E-state index is 10.9. The largest absolute Gasteiger partial charge is 0.461 e. The van der Waals surface area contributed by atoms with Gasteiger partial charge in [0.2, 0.25) is 0 Å². The SMILES string of the molecule is COC(=O)C(=O)OC(OC(C)=O)C(O)CO. The van der Waals surface area contributed by atoms with E-state index in [1.54, 1.807) is 0 Å². The number of rotatable bonds is 4. The molecule has 2 unspecified atom stereocenters. The quantitative estimate of drug-likeness (QED) is 0.325. The maximum Gasteiger partial charge on any atom is 0.420 e. The van der Waals surface area contributed by atoms with Gasteiger partial charge in [0.15, 0.2) is 6.10 Å². The minimum absolute atomic E-state index is 0.813. The van der Waals surface area contributed by atoms with Crippen molar-refractivity contribution in [2.75, 3.05) is 13.7 Å². The first kappa shape index (κ1) is 14.3. The topological polar surface area (TPSA) is 119 Å². The van der Waals surface area contributed by atoms with Gasteiger partial charge in [0, 0.05) is 6.92 Å². The molecule has 0 rings (SSSR count). The number of carbonyl (C=O) groups is 3. The predicted octanol–water partition coefficient (Wildman–Crippen LogP) is -2.05. The molecule has 0 spiro atoms. The van der Waals surface area contributed by atoms with Crippen molar-refractivity contribution in [1.82, 2.24) is 0 Å². The zero-order valence-electron chi connectivity index (χ0n) is 8.71. The molecule has 0 saturated heterocycles. The fourth-order valence-corrected chi connectivity index (χ4v) is 0.668. The second-order valence-electron chi connectivity index (χ2n) is 2.62. The van der Waals surface area contributed by atoms with Crippen molar-refractivity contribution >= 4 is 17.9 Å². The average Bonchev–Trinajstić information content (AvgIpc) is 2.25. The van der Waals surface area contributed by atoms with Gasteiger partial charge in [0.05, 0.1) is 13.7 Å². The molecular weight excluding hydrogens is 224 g/mol. The second-order valence-corrected chi connectivity index (χ2v) is 2.62. The molecule has 0 aliphatic carbocycles. The van der Waals surface area contributed by atoms with Crippen LogP contribution < -0.4 is 0 Å². The molecule has 2 atom stereocenters. The molecule has 0 heterocycles. The normalized spacial score (nSPS) is 13.5. The number of carbonyl (C=O) groups excluding carboxylic acids is 3. The highest BCUT2D eigenvalue weighted by Crippen LogP contribution is 2.03. The third kappa shape index (κ3) is 4.71. The number of ether oxygens (including phenoxy) is 3. The lowest BCUT2D eigenvalue weighted by Crippen LogP contribution is -2.39. The van der Waals surface area contributed by atoms with Crippen molar-refractivity contribution < 1.29 is 38.8 Å². The lowest BCUT2D eigenvalue weighted by atomic mass is 10.3. The van der Waals surface area contributed by atoms with Crippen molar-refractivity contribution in [1.29, 1.82) is 0 Å². The van der Waals surface area contributed by atoms with E-state index < -0.39 is 36.9 Å². The molecule has 0 aliphatic heterocycles. The predicted molar refractivity (Wildman–Crippen MR) is 46.8 cm³/mol. The van der Waals surface area contributed by atoms with E-state index in [1.807, 2.05) is 0 Å². The highest BCUT2D eigenvalue weighted by atomic mass is 16.7. The Labute approximate surface area is 90.7 Å². The number of methoxy groups -OCH3 is 1. The van der Waals surface area contributed by atoms with Crippen LogP contribution in [-0.2, 0) is 28.6 Å². The van der Waals surface area contributed by atoms with Crippen molar-refractivity contribution in [3.05, 3.63) is 0 Å². The Morgan fingerprint density at radius 3 is 2.12 bits per heavy atom. The molecule has 0 aromatic heterocycles. The van der Waals surface area contributed by atoms with E-state index in [9.17, 15) is 14.4 Å². The summed E-state index contributed by atoms with van der Waals surface area (Å²) in [5.41, 5.74) is 0. The van der Waals surface area contributed by atoms with Crippen LogP contribution in [0.1, 0.15) is 6.92 Å². The van der Waals surface area contributed by atoms with Gasteiger partial charge >= 0.3 is 17.9 Å². The van der Waals surface area contributed by atoms with Gasteiger partial charge in [-0.15, -0.1) is 0 Å². The summed E-state index contributed by atoms with van der Waals surface area (Å²) in [4.78, 5) is 32.1. The first-order valence-electron chi connectivity index (χ1n) is 4.17. The monoisotopic (exact) mass is 236 g/mol. The van der Waals surface area contributed by atoms with Crippen LogP contribution in [0.3, 0.4) is 0 Å². The molecule has 0 saturated carbocycles. The zero-order chi connectivity index (χ0) is 12.7. The molecule has 2 N–H and O–H groups in total. The van der Waals surface area contributed by atoms with Gasteiger partial charge in [-0.25, -0.2) is 9.59 Å². The first-order valence-corrected chi connectivity index (χ1v) is 4.17. The molecule has 8 nitrogen and oxygen atoms in total. The van der Waals surface area contributed by atoms with Gasteiger partial charge in [-0.2, -0.15) is 0 Å². The smallest absolute Gasteiger partial charge is 0.420 e. The van der Waals surface area contributed by atoms with Crippen LogP contribution in [0.5, 0.6) is 0 Å². The van der Waals surface area contributed by atoms with E-state index >= 15 is 0 Å². The Morgan fingerprint density at radius 2 is 1.75 bits per heavy atom. The zero-order valence-corrected chi connectivity index (χ0v) is 8.71. The van der Waals surface area contributed by atoms with Crippen LogP contribution in [-0.4, -0.2) is 54.2 Å². The fraction of sp³-hybridized carbons (Fsp3) is 0.625. The third-order valence-electron chi connectivity index (χ3n) is 1.36. The molecule has 8 heteroatoms. The van der Waals surface area contributed by atoms with E-state index in [0.717, 1.165) is 14.0 Å². The number of aliphatic hydroxyl groups is 2. The Kier molecular flexibility index (Phi) is 6.04. The molecule has 0 aliphatic rings. The molecular formula is C8H12O8. The minimum Gasteiger partial charge on any atom is -0.461 e. The van der Waals surface area contributed by atoms with E-state index in [1.165, 1.54) is 0 Å². The van der Waals surface area contributed by atoms with Crippen LogP contribution in [0.15, 0.2) is 0 Å². The summed E-state index contributed by atoms with van der Waals surface area (Å²) in [5.74, 6) is -3.61. The molecule has 0 fully saturated rings. The van der Waals surface area contributed by atoms with Gasteiger partial charge in [-0.3, -0.25) is 4.79 Å². The maximum absolute atomic E-state index is 10.9.